The summed E-state index contributed by atoms with van der Waals surface area (Å²) in [6.07, 6.45) is 0. The zero-order valence-corrected chi connectivity index (χ0v) is 14.9. The molecule has 2 rings (SSSR count). The summed E-state index contributed by atoms with van der Waals surface area (Å²) in [6.45, 7) is 4.05. The zero-order chi connectivity index (χ0) is 14.0. The van der Waals surface area contributed by atoms with Gasteiger partial charge in [0, 0.05) is 12.8 Å². The molecule has 0 aliphatic rings. The first kappa shape index (κ1) is 14.8. The van der Waals surface area contributed by atoms with E-state index in [-0.39, 0.29) is 5.91 Å². The molecule has 0 heterocycles. The van der Waals surface area contributed by atoms with E-state index in [0.29, 0.717) is 5.56 Å². The molecular formula is C15H13I2NO. The third-order valence-electron chi connectivity index (χ3n) is 2.87. The largest absolute Gasteiger partial charge is 0.322 e. The summed E-state index contributed by atoms with van der Waals surface area (Å²) in [5.41, 5.74) is 3.83. The number of amides is 1. The molecule has 0 bridgehead atoms. The van der Waals surface area contributed by atoms with Crippen LogP contribution in [0, 0.1) is 21.0 Å². The monoisotopic (exact) mass is 477 g/mol. The molecular weight excluding hydrogens is 464 g/mol. The van der Waals surface area contributed by atoms with E-state index in [4.69, 9.17) is 0 Å². The molecule has 0 aliphatic carbocycles. The summed E-state index contributed by atoms with van der Waals surface area (Å²) >= 11 is 4.48. The lowest BCUT2D eigenvalue weighted by atomic mass is 10.1. The van der Waals surface area contributed by atoms with Gasteiger partial charge in [-0.1, -0.05) is 12.1 Å². The van der Waals surface area contributed by atoms with Crippen molar-refractivity contribution in [2.24, 2.45) is 0 Å². The standard InChI is InChI=1S/C15H13I2NO/c1-9-8-14(10(2)7-13(9)17)18-15(19)11-5-3-4-6-12(11)16/h3-8H,1-2H3,(H,18,19). The molecule has 0 atom stereocenters. The van der Waals surface area contributed by atoms with Crippen LogP contribution in [0.3, 0.4) is 0 Å². The molecule has 2 nitrogen and oxygen atoms in total. The number of hydrogen-bond donors (Lipinski definition) is 1. The van der Waals surface area contributed by atoms with Gasteiger partial charge in [-0.15, -0.1) is 0 Å². The van der Waals surface area contributed by atoms with Gasteiger partial charge < -0.3 is 5.32 Å². The summed E-state index contributed by atoms with van der Waals surface area (Å²) in [6, 6.07) is 11.7. The molecule has 0 spiro atoms. The lowest BCUT2D eigenvalue weighted by molar-refractivity contribution is 0.102. The van der Waals surface area contributed by atoms with E-state index in [1.807, 2.05) is 44.2 Å². The molecule has 0 unspecified atom stereocenters. The molecule has 0 aromatic heterocycles. The fourth-order valence-electron chi connectivity index (χ4n) is 1.75. The highest BCUT2D eigenvalue weighted by molar-refractivity contribution is 14.1. The second-order valence-corrected chi connectivity index (χ2v) is 6.67. The van der Waals surface area contributed by atoms with Crippen molar-refractivity contribution in [2.45, 2.75) is 13.8 Å². The summed E-state index contributed by atoms with van der Waals surface area (Å²) in [7, 11) is 0. The third-order valence-corrected chi connectivity index (χ3v) is 4.98. The van der Waals surface area contributed by atoms with E-state index in [1.165, 1.54) is 9.13 Å². The molecule has 1 amide bonds. The summed E-state index contributed by atoms with van der Waals surface area (Å²) in [5, 5.41) is 2.99. The third kappa shape index (κ3) is 3.47. The van der Waals surface area contributed by atoms with E-state index in [9.17, 15) is 4.79 Å². The van der Waals surface area contributed by atoms with Gasteiger partial charge in [0.25, 0.3) is 5.91 Å². The fraction of sp³-hybridized carbons (Fsp3) is 0.133. The molecule has 2 aromatic carbocycles. The number of anilines is 1. The summed E-state index contributed by atoms with van der Waals surface area (Å²) in [4.78, 5) is 12.3. The van der Waals surface area contributed by atoms with Crippen LogP contribution < -0.4 is 5.32 Å². The van der Waals surface area contributed by atoms with Crippen LogP contribution in [0.1, 0.15) is 21.5 Å². The molecule has 0 saturated carbocycles. The van der Waals surface area contributed by atoms with Crippen LogP contribution in [0.2, 0.25) is 0 Å². The number of benzene rings is 2. The molecule has 0 radical (unpaired) electrons. The number of nitrogens with one attached hydrogen (secondary N) is 1. The average molecular weight is 477 g/mol. The van der Waals surface area contributed by atoms with Crippen LogP contribution in [0.25, 0.3) is 0 Å². The number of carbonyl (C=O) groups excluding carboxylic acids is 1. The van der Waals surface area contributed by atoms with Crippen LogP contribution in [-0.4, -0.2) is 5.91 Å². The Balaban J connectivity index is 2.30. The fourth-order valence-corrected chi connectivity index (χ4v) is 3.01. The van der Waals surface area contributed by atoms with Crippen molar-refractivity contribution in [2.75, 3.05) is 5.32 Å². The lowest BCUT2D eigenvalue weighted by Gasteiger charge is -2.11. The van der Waals surface area contributed by atoms with Crippen molar-refractivity contribution in [3.05, 3.63) is 60.2 Å². The van der Waals surface area contributed by atoms with E-state index in [2.05, 4.69) is 56.6 Å². The second kappa shape index (κ2) is 6.21. The van der Waals surface area contributed by atoms with E-state index >= 15 is 0 Å². The van der Waals surface area contributed by atoms with Crippen molar-refractivity contribution in [3.63, 3.8) is 0 Å². The van der Waals surface area contributed by atoms with Gasteiger partial charge in [-0.2, -0.15) is 0 Å². The normalized spacial score (nSPS) is 10.3. The molecule has 2 aromatic rings. The minimum absolute atomic E-state index is 0.0614. The van der Waals surface area contributed by atoms with Gasteiger partial charge in [-0.05, 0) is 94.4 Å². The molecule has 98 valence electrons. The van der Waals surface area contributed by atoms with Crippen molar-refractivity contribution < 1.29 is 4.79 Å². The van der Waals surface area contributed by atoms with Gasteiger partial charge in [0.1, 0.15) is 0 Å². The Labute approximate surface area is 140 Å². The molecule has 19 heavy (non-hydrogen) atoms. The Kier molecular flexibility index (Phi) is 4.83. The molecule has 1 N–H and O–H groups in total. The van der Waals surface area contributed by atoms with Crippen LogP contribution in [-0.2, 0) is 0 Å². The zero-order valence-electron chi connectivity index (χ0n) is 10.6. The van der Waals surface area contributed by atoms with Gasteiger partial charge in [0.05, 0.1) is 5.56 Å². The first-order valence-corrected chi connectivity index (χ1v) is 7.97. The molecule has 4 heteroatoms. The topological polar surface area (TPSA) is 29.1 Å². The SMILES string of the molecule is Cc1cc(NC(=O)c2ccccc2I)c(C)cc1I. The molecule has 0 fully saturated rings. The van der Waals surface area contributed by atoms with Gasteiger partial charge in [-0.25, -0.2) is 0 Å². The Morgan fingerprint density at radius 2 is 1.68 bits per heavy atom. The number of hydrogen-bond acceptors (Lipinski definition) is 1. The Hall–Kier alpha value is -0.630. The first-order chi connectivity index (χ1) is 8.99. The highest BCUT2D eigenvalue weighted by atomic mass is 127. The van der Waals surface area contributed by atoms with Gasteiger partial charge in [0.2, 0.25) is 0 Å². The number of aryl methyl sites for hydroxylation is 2. The predicted molar refractivity (Wildman–Crippen MR) is 95.7 cm³/mol. The molecule has 0 saturated heterocycles. The lowest BCUT2D eigenvalue weighted by Crippen LogP contribution is -2.14. The first-order valence-electron chi connectivity index (χ1n) is 5.81. The van der Waals surface area contributed by atoms with Gasteiger partial charge >= 0.3 is 0 Å². The van der Waals surface area contributed by atoms with Crippen molar-refractivity contribution in [1.82, 2.24) is 0 Å². The number of halogens is 2. The maximum absolute atomic E-state index is 12.3. The van der Waals surface area contributed by atoms with Crippen molar-refractivity contribution >= 4 is 56.8 Å². The average Bonchev–Trinajstić information content (AvgIpc) is 2.36. The predicted octanol–water partition coefficient (Wildman–Crippen LogP) is 4.76. The second-order valence-electron chi connectivity index (χ2n) is 4.35. The number of rotatable bonds is 2. The summed E-state index contributed by atoms with van der Waals surface area (Å²) < 4.78 is 2.17. The Bertz CT molecular complexity index is 638. The maximum Gasteiger partial charge on any atom is 0.256 e. The van der Waals surface area contributed by atoms with Crippen molar-refractivity contribution in [3.8, 4) is 0 Å². The minimum atomic E-state index is -0.0614. The van der Waals surface area contributed by atoms with Crippen LogP contribution in [0.15, 0.2) is 36.4 Å². The smallest absolute Gasteiger partial charge is 0.256 e. The molecule has 0 aliphatic heterocycles. The van der Waals surface area contributed by atoms with Crippen LogP contribution >= 0.6 is 45.2 Å². The minimum Gasteiger partial charge on any atom is -0.322 e. The highest BCUT2D eigenvalue weighted by Crippen LogP contribution is 2.23. The van der Waals surface area contributed by atoms with Gasteiger partial charge in [-0.3, -0.25) is 4.79 Å². The Morgan fingerprint density at radius 1 is 1.00 bits per heavy atom. The van der Waals surface area contributed by atoms with E-state index in [0.717, 1.165) is 14.8 Å². The maximum atomic E-state index is 12.3. The summed E-state index contributed by atoms with van der Waals surface area (Å²) in [5.74, 6) is -0.0614. The number of carbonyl (C=O) groups is 1. The van der Waals surface area contributed by atoms with Gasteiger partial charge in [0.15, 0.2) is 0 Å². The van der Waals surface area contributed by atoms with Crippen molar-refractivity contribution in [1.29, 1.82) is 0 Å². The highest BCUT2D eigenvalue weighted by Gasteiger charge is 2.11. The van der Waals surface area contributed by atoms with Crippen LogP contribution in [0.4, 0.5) is 5.69 Å². The van der Waals surface area contributed by atoms with Crippen LogP contribution in [0.5, 0.6) is 0 Å². The van der Waals surface area contributed by atoms with E-state index in [1.54, 1.807) is 0 Å². The Morgan fingerprint density at radius 3 is 2.37 bits per heavy atom. The quantitative estimate of drug-likeness (QED) is 0.622. The van der Waals surface area contributed by atoms with E-state index < -0.39 is 0 Å².